The van der Waals surface area contributed by atoms with Gasteiger partial charge in [0.2, 0.25) is 0 Å². The number of esters is 1. The van der Waals surface area contributed by atoms with Crippen molar-refractivity contribution in [2.45, 2.75) is 18.3 Å². The molecule has 0 aliphatic carbocycles. The first-order valence-corrected chi connectivity index (χ1v) is 8.20. The molecule has 1 aromatic carbocycles. The van der Waals surface area contributed by atoms with Crippen molar-refractivity contribution < 1.29 is 14.3 Å². The monoisotopic (exact) mass is 351 g/mol. The van der Waals surface area contributed by atoms with E-state index >= 15 is 0 Å². The first-order chi connectivity index (χ1) is 8.19. The fraction of sp³-hybridized carbons (Fsp3) is 0.333. The molecule has 1 N–H and O–H groups in total. The summed E-state index contributed by atoms with van der Waals surface area (Å²) in [5.41, 5.74) is 0.731. The number of carbonyl (C=O) groups is 2. The molecule has 4 nitrogen and oxygen atoms in total. The summed E-state index contributed by atoms with van der Waals surface area (Å²) >= 11 is -0.297. The van der Waals surface area contributed by atoms with E-state index in [4.69, 9.17) is 0 Å². The van der Waals surface area contributed by atoms with Crippen LogP contribution in [0.5, 0.6) is 0 Å². The first kappa shape index (κ1) is 14.0. The van der Waals surface area contributed by atoms with E-state index in [1.54, 1.807) is 6.92 Å². The van der Waals surface area contributed by atoms with Crippen LogP contribution in [-0.2, 0) is 14.3 Å². The SMILES string of the molecule is CCOC(=O)C(=O)Nc1ccccc1[Te]CC. The quantitative estimate of drug-likeness (QED) is 0.501. The molecule has 1 rings (SSSR count). The molecule has 0 fully saturated rings. The van der Waals surface area contributed by atoms with Gasteiger partial charge in [0, 0.05) is 0 Å². The second kappa shape index (κ2) is 7.31. The molecule has 0 saturated heterocycles. The Hall–Kier alpha value is -1.05. The van der Waals surface area contributed by atoms with Gasteiger partial charge >= 0.3 is 111 Å². The van der Waals surface area contributed by atoms with Crippen LogP contribution >= 0.6 is 0 Å². The Balaban J connectivity index is 2.73. The van der Waals surface area contributed by atoms with Crippen molar-refractivity contribution in [1.29, 1.82) is 0 Å². The van der Waals surface area contributed by atoms with Gasteiger partial charge in [0.25, 0.3) is 0 Å². The fourth-order valence-electron chi connectivity index (χ4n) is 1.22. The summed E-state index contributed by atoms with van der Waals surface area (Å²) < 4.78 is 6.89. The standard InChI is InChI=1S/C12H15NO3Te/c1-3-16-12(15)11(14)13-9-7-5-6-8-10(9)17-4-2/h5-8H,3-4H2,1-2H3,(H,13,14). The van der Waals surface area contributed by atoms with Crippen molar-refractivity contribution in [2.24, 2.45) is 0 Å². The van der Waals surface area contributed by atoms with Gasteiger partial charge in [0.15, 0.2) is 0 Å². The van der Waals surface area contributed by atoms with Crippen molar-refractivity contribution >= 4 is 42.1 Å². The van der Waals surface area contributed by atoms with Crippen LogP contribution in [0.25, 0.3) is 0 Å². The summed E-state index contributed by atoms with van der Waals surface area (Å²) in [5.74, 6) is -1.54. The van der Waals surface area contributed by atoms with E-state index in [2.05, 4.69) is 17.0 Å². The maximum absolute atomic E-state index is 11.5. The molecule has 0 aliphatic heterocycles. The number of ether oxygens (including phenoxy) is 1. The van der Waals surface area contributed by atoms with Gasteiger partial charge < -0.3 is 0 Å². The second-order valence-electron chi connectivity index (χ2n) is 3.10. The molecule has 92 valence electrons. The summed E-state index contributed by atoms with van der Waals surface area (Å²) in [7, 11) is 0. The Labute approximate surface area is 111 Å². The maximum atomic E-state index is 11.5. The van der Waals surface area contributed by atoms with E-state index in [-0.39, 0.29) is 27.5 Å². The van der Waals surface area contributed by atoms with Crippen LogP contribution in [0.15, 0.2) is 24.3 Å². The van der Waals surface area contributed by atoms with Crippen LogP contribution in [-0.4, -0.2) is 39.4 Å². The molecule has 1 aromatic rings. The Morgan fingerprint density at radius 1 is 1.29 bits per heavy atom. The number of hydrogen-bond donors (Lipinski definition) is 1. The zero-order valence-corrected chi connectivity index (χ0v) is 12.2. The Bertz CT molecular complexity index is 406. The Morgan fingerprint density at radius 3 is 2.65 bits per heavy atom. The molecule has 0 spiro atoms. The number of benzene rings is 1. The molecule has 0 radical (unpaired) electrons. The molecular weight excluding hydrogens is 334 g/mol. The number of amides is 1. The van der Waals surface area contributed by atoms with Crippen LogP contribution in [0, 0.1) is 0 Å². The minimum atomic E-state index is -0.834. The molecule has 0 bridgehead atoms. The number of rotatable bonds is 4. The van der Waals surface area contributed by atoms with Crippen molar-refractivity contribution in [3.8, 4) is 0 Å². The summed E-state index contributed by atoms with van der Waals surface area (Å²) in [6, 6.07) is 7.59. The Kier molecular flexibility index (Phi) is 6.02. The molecule has 0 aliphatic rings. The second-order valence-corrected chi connectivity index (χ2v) is 6.83. The summed E-state index contributed by atoms with van der Waals surface area (Å²) in [6.07, 6.45) is 0. The molecule has 17 heavy (non-hydrogen) atoms. The molecule has 5 heteroatoms. The van der Waals surface area contributed by atoms with Crippen molar-refractivity contribution in [3.63, 3.8) is 0 Å². The van der Waals surface area contributed by atoms with Gasteiger partial charge in [-0.25, -0.2) is 0 Å². The minimum absolute atomic E-state index is 0.205. The van der Waals surface area contributed by atoms with E-state index in [0.29, 0.717) is 0 Å². The number of para-hydroxylation sites is 1. The molecule has 0 aromatic heterocycles. The van der Waals surface area contributed by atoms with E-state index in [0.717, 1.165) is 13.8 Å². The van der Waals surface area contributed by atoms with Crippen LogP contribution in [0.3, 0.4) is 0 Å². The van der Waals surface area contributed by atoms with E-state index in [1.807, 2.05) is 24.3 Å². The van der Waals surface area contributed by atoms with Crippen LogP contribution in [0.4, 0.5) is 5.69 Å². The summed E-state index contributed by atoms with van der Waals surface area (Å²) in [4.78, 5) is 22.7. The van der Waals surface area contributed by atoms with Crippen LogP contribution < -0.4 is 8.93 Å². The van der Waals surface area contributed by atoms with Gasteiger partial charge in [-0.05, 0) is 0 Å². The number of carbonyl (C=O) groups excluding carboxylic acids is 2. The van der Waals surface area contributed by atoms with Gasteiger partial charge in [-0.2, -0.15) is 0 Å². The topological polar surface area (TPSA) is 55.4 Å². The van der Waals surface area contributed by atoms with Gasteiger partial charge in [-0.3, -0.25) is 0 Å². The third-order valence-corrected chi connectivity index (χ3v) is 4.62. The van der Waals surface area contributed by atoms with Gasteiger partial charge in [-0.1, -0.05) is 0 Å². The third-order valence-electron chi connectivity index (χ3n) is 1.90. The van der Waals surface area contributed by atoms with Gasteiger partial charge in [-0.15, -0.1) is 0 Å². The molecular formula is C12H15NO3Te. The summed E-state index contributed by atoms with van der Waals surface area (Å²) in [6.45, 7) is 3.99. The summed E-state index contributed by atoms with van der Waals surface area (Å²) in [5, 5.41) is 2.60. The van der Waals surface area contributed by atoms with Crippen molar-refractivity contribution in [3.05, 3.63) is 24.3 Å². The van der Waals surface area contributed by atoms with Crippen molar-refractivity contribution in [2.75, 3.05) is 11.9 Å². The zero-order chi connectivity index (χ0) is 12.7. The zero-order valence-electron chi connectivity index (χ0n) is 9.86. The number of anilines is 1. The molecule has 0 saturated carbocycles. The van der Waals surface area contributed by atoms with E-state index in [1.165, 1.54) is 0 Å². The van der Waals surface area contributed by atoms with E-state index < -0.39 is 11.9 Å². The first-order valence-electron chi connectivity index (χ1n) is 5.39. The molecule has 0 unspecified atom stereocenters. The average Bonchev–Trinajstić information content (AvgIpc) is 2.32. The van der Waals surface area contributed by atoms with E-state index in [9.17, 15) is 9.59 Å². The third kappa shape index (κ3) is 4.37. The molecule has 0 heterocycles. The average molecular weight is 349 g/mol. The predicted octanol–water partition coefficient (Wildman–Crippen LogP) is 0.956. The van der Waals surface area contributed by atoms with Crippen LogP contribution in [0.1, 0.15) is 13.8 Å². The normalized spacial score (nSPS) is 9.76. The van der Waals surface area contributed by atoms with Crippen LogP contribution in [0.2, 0.25) is 4.47 Å². The fourth-order valence-corrected chi connectivity index (χ4v) is 3.39. The Morgan fingerprint density at radius 2 is 2.00 bits per heavy atom. The van der Waals surface area contributed by atoms with Gasteiger partial charge in [0.1, 0.15) is 0 Å². The predicted molar refractivity (Wildman–Crippen MR) is 67.6 cm³/mol. The number of nitrogens with one attached hydrogen (secondary N) is 1. The van der Waals surface area contributed by atoms with Gasteiger partial charge in [0.05, 0.1) is 0 Å². The molecule has 1 amide bonds. The number of hydrogen-bond acceptors (Lipinski definition) is 3. The van der Waals surface area contributed by atoms with Crippen molar-refractivity contribution in [1.82, 2.24) is 0 Å². The molecule has 0 atom stereocenters.